The predicted octanol–water partition coefficient (Wildman–Crippen LogP) is 5.27. The van der Waals surface area contributed by atoms with Crippen molar-refractivity contribution in [1.29, 1.82) is 0 Å². The van der Waals surface area contributed by atoms with E-state index in [2.05, 4.69) is 5.32 Å². The molecule has 0 aromatic heterocycles. The van der Waals surface area contributed by atoms with Crippen LogP contribution in [0, 0.1) is 13.8 Å². The Morgan fingerprint density at radius 2 is 1.45 bits per heavy atom. The van der Waals surface area contributed by atoms with Crippen molar-refractivity contribution >= 4 is 27.5 Å². The Morgan fingerprint density at radius 1 is 0.810 bits per heavy atom. The van der Waals surface area contributed by atoms with Crippen LogP contribution in [0.15, 0.2) is 114 Å². The van der Waals surface area contributed by atoms with E-state index < -0.39 is 28.5 Å². The van der Waals surface area contributed by atoms with Crippen LogP contribution in [0.4, 0.5) is 5.69 Å². The zero-order valence-electron chi connectivity index (χ0n) is 24.2. The number of hydrogen-bond acceptors (Lipinski definition) is 4. The second kappa shape index (κ2) is 14.0. The van der Waals surface area contributed by atoms with Gasteiger partial charge in [-0.25, -0.2) is 8.42 Å². The summed E-state index contributed by atoms with van der Waals surface area (Å²) in [5, 5.41) is 2.89. The van der Waals surface area contributed by atoms with E-state index >= 15 is 0 Å². The third-order valence-corrected chi connectivity index (χ3v) is 8.91. The van der Waals surface area contributed by atoms with Crippen LogP contribution >= 0.6 is 0 Å². The summed E-state index contributed by atoms with van der Waals surface area (Å²) in [6.45, 7) is 5.72. The predicted molar refractivity (Wildman–Crippen MR) is 166 cm³/mol. The SMILES string of the molecule is CCNC(=O)[C@@H](Cc1ccccc1)N(Cc1ccccc1C)C(=O)CN(c1cccc(C)c1)S(=O)(=O)c1ccccc1. The molecule has 0 aliphatic rings. The molecule has 0 fully saturated rings. The summed E-state index contributed by atoms with van der Waals surface area (Å²) in [5.41, 5.74) is 3.97. The number of carbonyl (C=O) groups is 2. The van der Waals surface area contributed by atoms with Crippen LogP contribution in [0.3, 0.4) is 0 Å². The molecule has 4 rings (SSSR count). The van der Waals surface area contributed by atoms with E-state index in [0.717, 1.165) is 26.6 Å². The lowest BCUT2D eigenvalue weighted by Crippen LogP contribution is -2.53. The Hall–Kier alpha value is -4.43. The number of rotatable bonds is 12. The lowest BCUT2D eigenvalue weighted by molar-refractivity contribution is -0.140. The van der Waals surface area contributed by atoms with Gasteiger partial charge in [0.2, 0.25) is 11.8 Å². The van der Waals surface area contributed by atoms with Gasteiger partial charge in [-0.05, 0) is 67.3 Å². The Bertz CT molecular complexity index is 1610. The molecule has 4 aromatic carbocycles. The number of aryl methyl sites for hydroxylation is 2. The molecule has 1 atom stereocenters. The van der Waals surface area contributed by atoms with Crippen molar-refractivity contribution < 1.29 is 18.0 Å². The first-order valence-electron chi connectivity index (χ1n) is 14.0. The van der Waals surface area contributed by atoms with Crippen LogP contribution in [-0.4, -0.2) is 44.3 Å². The van der Waals surface area contributed by atoms with Gasteiger partial charge < -0.3 is 10.2 Å². The van der Waals surface area contributed by atoms with Crippen molar-refractivity contribution in [2.24, 2.45) is 0 Å². The molecule has 0 aliphatic carbocycles. The highest BCUT2D eigenvalue weighted by atomic mass is 32.2. The average Bonchev–Trinajstić information content (AvgIpc) is 2.99. The van der Waals surface area contributed by atoms with E-state index in [4.69, 9.17) is 0 Å². The molecular weight excluding hydrogens is 546 g/mol. The van der Waals surface area contributed by atoms with Crippen molar-refractivity contribution in [2.75, 3.05) is 17.4 Å². The molecule has 218 valence electrons. The zero-order valence-corrected chi connectivity index (χ0v) is 25.1. The summed E-state index contributed by atoms with van der Waals surface area (Å²) in [4.78, 5) is 29.5. The van der Waals surface area contributed by atoms with E-state index in [1.165, 1.54) is 17.0 Å². The first-order chi connectivity index (χ1) is 20.2. The normalized spacial score (nSPS) is 11.9. The van der Waals surface area contributed by atoms with Gasteiger partial charge in [0.15, 0.2) is 0 Å². The number of nitrogens with zero attached hydrogens (tertiary/aromatic N) is 2. The van der Waals surface area contributed by atoms with E-state index in [0.29, 0.717) is 12.2 Å². The molecule has 42 heavy (non-hydrogen) atoms. The Kier molecular flexibility index (Phi) is 10.1. The van der Waals surface area contributed by atoms with Crippen LogP contribution in [0.25, 0.3) is 0 Å². The van der Waals surface area contributed by atoms with Crippen molar-refractivity contribution in [3.05, 3.63) is 131 Å². The smallest absolute Gasteiger partial charge is 0.264 e. The highest BCUT2D eigenvalue weighted by molar-refractivity contribution is 7.92. The summed E-state index contributed by atoms with van der Waals surface area (Å²) < 4.78 is 29.1. The maximum atomic E-state index is 14.4. The Balaban J connectivity index is 1.80. The maximum Gasteiger partial charge on any atom is 0.264 e. The molecule has 4 aromatic rings. The molecule has 1 N–H and O–H groups in total. The minimum absolute atomic E-state index is 0.0781. The summed E-state index contributed by atoms with van der Waals surface area (Å²) in [7, 11) is -4.11. The van der Waals surface area contributed by atoms with Crippen LogP contribution in [0.2, 0.25) is 0 Å². The number of benzene rings is 4. The van der Waals surface area contributed by atoms with Gasteiger partial charge >= 0.3 is 0 Å². The number of carbonyl (C=O) groups excluding carboxylic acids is 2. The molecule has 0 aliphatic heterocycles. The molecule has 0 radical (unpaired) electrons. The lowest BCUT2D eigenvalue weighted by Gasteiger charge is -2.34. The molecule has 0 bridgehead atoms. The lowest BCUT2D eigenvalue weighted by atomic mass is 10.0. The second-order valence-electron chi connectivity index (χ2n) is 10.2. The molecule has 0 saturated heterocycles. The van der Waals surface area contributed by atoms with Crippen molar-refractivity contribution in [2.45, 2.75) is 44.7 Å². The molecular formula is C34H37N3O4S. The number of hydrogen-bond donors (Lipinski definition) is 1. The van der Waals surface area contributed by atoms with Crippen molar-refractivity contribution in [3.8, 4) is 0 Å². The first kappa shape index (κ1) is 30.5. The number of amides is 2. The van der Waals surface area contributed by atoms with Gasteiger partial charge in [0.25, 0.3) is 10.0 Å². The minimum atomic E-state index is -4.11. The van der Waals surface area contributed by atoms with E-state index in [1.807, 2.05) is 81.4 Å². The number of anilines is 1. The monoisotopic (exact) mass is 583 g/mol. The molecule has 2 amide bonds. The highest BCUT2D eigenvalue weighted by Gasteiger charge is 2.34. The summed E-state index contributed by atoms with van der Waals surface area (Å²) in [5.74, 6) is -0.775. The third-order valence-electron chi connectivity index (χ3n) is 7.12. The topological polar surface area (TPSA) is 86.8 Å². The molecule has 0 saturated carbocycles. The van der Waals surface area contributed by atoms with E-state index in [1.54, 1.807) is 36.4 Å². The van der Waals surface area contributed by atoms with Gasteiger partial charge in [-0.1, -0.05) is 84.9 Å². The van der Waals surface area contributed by atoms with Gasteiger partial charge in [-0.15, -0.1) is 0 Å². The van der Waals surface area contributed by atoms with Crippen molar-refractivity contribution in [3.63, 3.8) is 0 Å². The molecule has 8 heteroatoms. The summed E-state index contributed by atoms with van der Waals surface area (Å²) in [6.07, 6.45) is 0.278. The fraction of sp³-hybridized carbons (Fsp3) is 0.235. The summed E-state index contributed by atoms with van der Waals surface area (Å²) in [6, 6.07) is 31.5. The third kappa shape index (κ3) is 7.44. The Morgan fingerprint density at radius 3 is 2.10 bits per heavy atom. The molecule has 0 unspecified atom stereocenters. The number of likely N-dealkylation sites (N-methyl/N-ethyl adjacent to an activating group) is 1. The average molecular weight is 584 g/mol. The minimum Gasteiger partial charge on any atom is -0.355 e. The maximum absolute atomic E-state index is 14.4. The van der Waals surface area contributed by atoms with Crippen LogP contribution < -0.4 is 9.62 Å². The number of sulfonamides is 1. The van der Waals surface area contributed by atoms with E-state index in [9.17, 15) is 18.0 Å². The quantitative estimate of drug-likeness (QED) is 0.246. The van der Waals surface area contributed by atoms with Crippen LogP contribution in [-0.2, 0) is 32.6 Å². The first-order valence-corrected chi connectivity index (χ1v) is 15.4. The number of nitrogens with one attached hydrogen (secondary N) is 1. The molecule has 0 spiro atoms. The van der Waals surface area contributed by atoms with Crippen molar-refractivity contribution in [1.82, 2.24) is 10.2 Å². The van der Waals surface area contributed by atoms with E-state index in [-0.39, 0.29) is 23.8 Å². The van der Waals surface area contributed by atoms with Gasteiger partial charge in [-0.3, -0.25) is 13.9 Å². The fourth-order valence-corrected chi connectivity index (χ4v) is 6.28. The van der Waals surface area contributed by atoms with Gasteiger partial charge in [0.1, 0.15) is 12.6 Å². The standard InChI is InChI=1S/C34H37N3O4S/c1-4-35-34(39)32(23-28-16-7-5-8-17-28)36(24-29-18-12-11-15-27(29)3)33(38)25-37(30-19-13-14-26(2)22-30)42(40,41)31-20-9-6-10-21-31/h5-22,32H,4,23-25H2,1-3H3,(H,35,39)/t32-/m1/s1. The largest absolute Gasteiger partial charge is 0.355 e. The second-order valence-corrected chi connectivity index (χ2v) is 12.1. The fourth-order valence-electron chi connectivity index (χ4n) is 4.85. The molecule has 7 nitrogen and oxygen atoms in total. The van der Waals surface area contributed by atoms with Crippen LogP contribution in [0.1, 0.15) is 29.2 Å². The molecule has 0 heterocycles. The highest BCUT2D eigenvalue weighted by Crippen LogP contribution is 2.26. The summed E-state index contributed by atoms with van der Waals surface area (Å²) >= 11 is 0. The van der Waals surface area contributed by atoms with Crippen LogP contribution in [0.5, 0.6) is 0 Å². The zero-order chi connectivity index (χ0) is 30.1. The Labute approximate surface area is 248 Å². The van der Waals surface area contributed by atoms with Gasteiger partial charge in [-0.2, -0.15) is 0 Å². The van der Waals surface area contributed by atoms with Gasteiger partial charge in [0.05, 0.1) is 10.6 Å². The van der Waals surface area contributed by atoms with Gasteiger partial charge in [0, 0.05) is 19.5 Å².